The summed E-state index contributed by atoms with van der Waals surface area (Å²) in [6, 6.07) is 0. The number of aromatic nitrogens is 2. The van der Waals surface area contributed by atoms with Gasteiger partial charge in [0.25, 0.3) is 5.56 Å². The summed E-state index contributed by atoms with van der Waals surface area (Å²) in [4.78, 5) is 34.7. The molecule has 11 heteroatoms. The zero-order valence-corrected chi connectivity index (χ0v) is 11.9. The minimum atomic E-state index is -4.28. The van der Waals surface area contributed by atoms with E-state index in [4.69, 9.17) is 9.63 Å². The van der Waals surface area contributed by atoms with Crippen molar-refractivity contribution in [3.8, 4) is 0 Å². The van der Waals surface area contributed by atoms with Crippen LogP contribution in [0.15, 0.2) is 15.8 Å². The third-order valence-corrected chi connectivity index (χ3v) is 3.91. The topological polar surface area (TPSA) is 120 Å². The van der Waals surface area contributed by atoms with Crippen LogP contribution in [0.4, 0.5) is 4.39 Å². The monoisotopic (exact) mass is 324 g/mol. The lowest BCUT2D eigenvalue weighted by molar-refractivity contribution is -0.117. The van der Waals surface area contributed by atoms with E-state index in [1.165, 1.54) is 13.1 Å². The molecule has 0 spiro atoms. The van der Waals surface area contributed by atoms with Crippen LogP contribution in [-0.4, -0.2) is 39.9 Å². The molecule has 0 aromatic carbocycles. The van der Waals surface area contributed by atoms with Crippen LogP contribution < -0.4 is 11.2 Å². The van der Waals surface area contributed by atoms with Crippen molar-refractivity contribution in [3.05, 3.63) is 32.6 Å². The lowest BCUT2D eigenvalue weighted by atomic mass is 10.2. The first kappa shape index (κ1) is 16.1. The van der Waals surface area contributed by atoms with Gasteiger partial charge in [0.1, 0.15) is 25.6 Å². The Labute approximate surface area is 117 Å². The molecule has 1 aromatic rings. The second-order valence-electron chi connectivity index (χ2n) is 4.41. The lowest BCUT2D eigenvalue weighted by Gasteiger charge is -2.31. The number of halogens is 1. The molecule has 2 heterocycles. The Balaban J connectivity index is 2.10. The van der Waals surface area contributed by atoms with Crippen LogP contribution in [0.5, 0.6) is 0 Å². The number of alkyl halides is 1. The van der Waals surface area contributed by atoms with Crippen molar-refractivity contribution in [1.82, 2.24) is 9.55 Å². The van der Waals surface area contributed by atoms with Gasteiger partial charge in [-0.25, -0.2) is 18.3 Å². The molecule has 1 fully saturated rings. The Morgan fingerprint density at radius 2 is 2.33 bits per heavy atom. The fourth-order valence-corrected chi connectivity index (χ4v) is 2.66. The second kappa shape index (κ2) is 6.20. The highest BCUT2D eigenvalue weighted by atomic mass is 31.2. The van der Waals surface area contributed by atoms with Gasteiger partial charge in [-0.3, -0.25) is 13.8 Å². The van der Waals surface area contributed by atoms with E-state index in [1.54, 1.807) is 0 Å². The normalized spacial score (nSPS) is 29.5. The smallest absolute Gasteiger partial charge is 0.352 e. The molecule has 2 N–H and O–H groups in total. The Bertz CT molecular complexity index is 672. The van der Waals surface area contributed by atoms with Crippen molar-refractivity contribution >= 4 is 7.82 Å². The van der Waals surface area contributed by atoms with Crippen LogP contribution in [0.2, 0.25) is 0 Å². The summed E-state index contributed by atoms with van der Waals surface area (Å²) in [7, 11) is -4.28. The van der Waals surface area contributed by atoms with E-state index in [2.05, 4.69) is 14.0 Å². The van der Waals surface area contributed by atoms with Crippen molar-refractivity contribution in [2.75, 3.05) is 13.3 Å². The molecule has 3 atom stereocenters. The number of rotatable bonds is 4. The molecule has 0 amide bonds. The summed E-state index contributed by atoms with van der Waals surface area (Å²) in [5.41, 5.74) is -0.940. The third-order valence-electron chi connectivity index (χ3n) is 2.89. The molecule has 0 aliphatic carbocycles. The number of phosphoric acid groups is 1. The summed E-state index contributed by atoms with van der Waals surface area (Å²) in [6.45, 7) is -0.411. The lowest BCUT2D eigenvalue weighted by Crippen LogP contribution is -2.43. The molecule has 21 heavy (non-hydrogen) atoms. The van der Waals surface area contributed by atoms with E-state index in [0.29, 0.717) is 5.56 Å². The summed E-state index contributed by atoms with van der Waals surface area (Å²) in [5.74, 6) is 0. The van der Waals surface area contributed by atoms with Crippen molar-refractivity contribution in [3.63, 3.8) is 0 Å². The van der Waals surface area contributed by atoms with Crippen LogP contribution in [0.25, 0.3) is 0 Å². The summed E-state index contributed by atoms with van der Waals surface area (Å²) in [5, 5.41) is 0. The zero-order valence-electron chi connectivity index (χ0n) is 11.0. The van der Waals surface area contributed by atoms with Crippen LogP contribution >= 0.6 is 7.82 Å². The fraction of sp³-hybridized carbons (Fsp3) is 0.600. The average Bonchev–Trinajstić information content (AvgIpc) is 2.43. The quantitative estimate of drug-likeness (QED) is 0.728. The third kappa shape index (κ3) is 3.66. The number of phosphoric ester groups is 1. The van der Waals surface area contributed by atoms with Crippen LogP contribution in [0, 0.1) is 6.92 Å². The van der Waals surface area contributed by atoms with Crippen LogP contribution in [0.3, 0.4) is 0 Å². The van der Waals surface area contributed by atoms with E-state index in [1.807, 2.05) is 0 Å². The van der Waals surface area contributed by atoms with Crippen LogP contribution in [-0.2, 0) is 25.1 Å². The van der Waals surface area contributed by atoms with E-state index in [0.717, 1.165) is 4.57 Å². The van der Waals surface area contributed by atoms with Gasteiger partial charge in [-0.1, -0.05) is 0 Å². The van der Waals surface area contributed by atoms with Gasteiger partial charge in [-0.05, 0) is 6.92 Å². The summed E-state index contributed by atoms with van der Waals surface area (Å²) in [6.07, 6.45) is -1.06. The van der Waals surface area contributed by atoms with Crippen LogP contribution in [0.1, 0.15) is 5.56 Å². The average molecular weight is 324 g/mol. The molecule has 9 nitrogen and oxygen atoms in total. The van der Waals surface area contributed by atoms with Gasteiger partial charge in [0.15, 0.2) is 0 Å². The van der Waals surface area contributed by atoms with Crippen molar-refractivity contribution in [1.29, 1.82) is 0 Å². The van der Waals surface area contributed by atoms with Gasteiger partial charge in [0, 0.05) is 11.8 Å². The number of aromatic amines is 1. The number of hydrogen-bond donors (Lipinski definition) is 2. The van der Waals surface area contributed by atoms with Gasteiger partial charge in [-0.15, -0.1) is 0 Å². The highest BCUT2D eigenvalue weighted by Crippen LogP contribution is 2.48. The molecular weight excluding hydrogens is 310 g/mol. The second-order valence-corrected chi connectivity index (χ2v) is 5.81. The molecule has 1 aromatic heterocycles. The maximum absolute atomic E-state index is 12.8. The van der Waals surface area contributed by atoms with E-state index in [9.17, 15) is 18.5 Å². The van der Waals surface area contributed by atoms with Gasteiger partial charge in [0.05, 0.1) is 6.61 Å². The number of ether oxygens (including phenoxy) is 1. The maximum atomic E-state index is 12.8. The van der Waals surface area contributed by atoms with E-state index >= 15 is 0 Å². The zero-order chi connectivity index (χ0) is 15.6. The predicted octanol–water partition coefficient (Wildman–Crippen LogP) is -0.327. The van der Waals surface area contributed by atoms with E-state index in [-0.39, 0.29) is 6.61 Å². The first-order valence-corrected chi connectivity index (χ1v) is 7.46. The Hall–Kier alpha value is -1.32. The molecule has 2 rings (SSSR count). The standard InChI is InChI=1S/C10H14FN2O7P/c1-6-3-12-10(15)13(9(6)14)5-18-8-4-19-21(16,17)20-7(8)2-11/h3,7-8H,2,4-5H2,1H3,(H,12,15)(H,16,17)/t7-,8+/m0/s1. The summed E-state index contributed by atoms with van der Waals surface area (Å²) < 4.78 is 39.0. The molecule has 1 saturated heterocycles. The van der Waals surface area contributed by atoms with E-state index < -0.39 is 44.7 Å². The largest absolute Gasteiger partial charge is 0.472 e. The molecule has 0 saturated carbocycles. The molecule has 1 aliphatic heterocycles. The molecular formula is C10H14FN2O7P. The van der Waals surface area contributed by atoms with Crippen molar-refractivity contribution in [2.45, 2.75) is 25.9 Å². The van der Waals surface area contributed by atoms with Gasteiger partial charge < -0.3 is 14.6 Å². The molecule has 1 aliphatic rings. The minimum absolute atomic E-state index is 0.302. The molecule has 0 bridgehead atoms. The SMILES string of the molecule is Cc1c[nH]c(=O)n(CO[C@@H]2COP(=O)(O)O[C@H]2CF)c1=O. The highest BCUT2D eigenvalue weighted by molar-refractivity contribution is 7.47. The van der Waals surface area contributed by atoms with Gasteiger partial charge in [0.2, 0.25) is 0 Å². The Morgan fingerprint density at radius 1 is 1.62 bits per heavy atom. The number of aryl methyl sites for hydroxylation is 1. The van der Waals surface area contributed by atoms with Gasteiger partial charge in [-0.2, -0.15) is 0 Å². The molecule has 118 valence electrons. The predicted molar refractivity (Wildman–Crippen MR) is 67.6 cm³/mol. The minimum Gasteiger partial charge on any atom is -0.352 e. The van der Waals surface area contributed by atoms with Crippen molar-refractivity contribution < 1.29 is 27.6 Å². The fourth-order valence-electron chi connectivity index (χ4n) is 1.73. The highest BCUT2D eigenvalue weighted by Gasteiger charge is 2.39. The number of H-pyrrole nitrogens is 1. The Morgan fingerprint density at radius 3 is 3.00 bits per heavy atom. The Kier molecular flexibility index (Phi) is 4.74. The maximum Gasteiger partial charge on any atom is 0.472 e. The van der Waals surface area contributed by atoms with Gasteiger partial charge >= 0.3 is 13.5 Å². The molecule has 1 unspecified atom stereocenters. The summed E-state index contributed by atoms with van der Waals surface area (Å²) >= 11 is 0. The number of nitrogens with zero attached hydrogens (tertiary/aromatic N) is 1. The number of hydrogen-bond acceptors (Lipinski definition) is 6. The van der Waals surface area contributed by atoms with Crippen molar-refractivity contribution in [2.24, 2.45) is 0 Å². The molecule has 0 radical (unpaired) electrons. The number of nitrogens with one attached hydrogen (secondary N) is 1. The first-order valence-electron chi connectivity index (χ1n) is 5.96. The first-order chi connectivity index (χ1) is 9.84.